The van der Waals surface area contributed by atoms with Crippen molar-refractivity contribution in [3.05, 3.63) is 54.1 Å². The Hall–Kier alpha value is -2.22. The predicted octanol–water partition coefficient (Wildman–Crippen LogP) is 4.16. The lowest BCUT2D eigenvalue weighted by atomic mass is 10.1. The molecule has 0 bridgehead atoms. The van der Waals surface area contributed by atoms with Gasteiger partial charge in [0.1, 0.15) is 5.75 Å². The fraction of sp³-hybridized carbons (Fsp3) is 0.176. The third kappa shape index (κ3) is 1.80. The summed E-state index contributed by atoms with van der Waals surface area (Å²) in [5.74, 6) is 0.889. The van der Waals surface area contributed by atoms with Gasteiger partial charge in [-0.05, 0) is 48.4 Å². The average molecular weight is 251 g/mol. The third-order valence-electron chi connectivity index (χ3n) is 3.72. The van der Waals surface area contributed by atoms with Gasteiger partial charge in [-0.1, -0.05) is 18.2 Å². The smallest absolute Gasteiger partial charge is 0.118 e. The maximum Gasteiger partial charge on any atom is 0.118 e. The van der Waals surface area contributed by atoms with Gasteiger partial charge in [-0.3, -0.25) is 0 Å². The lowest BCUT2D eigenvalue weighted by Gasteiger charge is -2.07. The summed E-state index contributed by atoms with van der Waals surface area (Å²) >= 11 is 0. The van der Waals surface area contributed by atoms with Crippen molar-refractivity contribution in [3.63, 3.8) is 0 Å². The van der Waals surface area contributed by atoms with Gasteiger partial charge >= 0.3 is 0 Å². The molecule has 0 spiro atoms. The molecule has 0 N–H and O–H groups in total. The molecule has 0 atom stereocenters. The maximum atomic E-state index is 5.22. The highest BCUT2D eigenvalue weighted by molar-refractivity contribution is 5.91. The highest BCUT2D eigenvalue weighted by Gasteiger charge is 2.12. The van der Waals surface area contributed by atoms with Crippen LogP contribution < -0.4 is 4.74 Å². The van der Waals surface area contributed by atoms with E-state index in [-0.39, 0.29) is 0 Å². The largest absolute Gasteiger partial charge is 0.497 e. The molecule has 96 valence electrons. The van der Waals surface area contributed by atoms with Crippen molar-refractivity contribution in [1.29, 1.82) is 0 Å². The number of hydrogen-bond acceptors (Lipinski definition) is 1. The zero-order valence-electron chi connectivity index (χ0n) is 11.5. The summed E-state index contributed by atoms with van der Waals surface area (Å²) in [6.07, 6.45) is 0. The van der Waals surface area contributed by atoms with Gasteiger partial charge in [-0.2, -0.15) is 0 Å². The second-order valence-corrected chi connectivity index (χ2v) is 4.78. The summed E-state index contributed by atoms with van der Waals surface area (Å²) in [5, 5.41) is 1.32. The van der Waals surface area contributed by atoms with Gasteiger partial charge in [-0.15, -0.1) is 0 Å². The van der Waals surface area contributed by atoms with Crippen molar-refractivity contribution >= 4 is 10.9 Å². The molecule has 1 aromatic heterocycles. The molecule has 3 aromatic rings. The molecule has 2 heteroatoms. The van der Waals surface area contributed by atoms with Crippen molar-refractivity contribution in [1.82, 2.24) is 4.57 Å². The van der Waals surface area contributed by atoms with Crippen molar-refractivity contribution in [3.8, 4) is 17.0 Å². The first-order chi connectivity index (χ1) is 9.22. The lowest BCUT2D eigenvalue weighted by molar-refractivity contribution is 0.415. The number of ether oxygens (including phenoxy) is 1. The van der Waals surface area contributed by atoms with Crippen LogP contribution in [-0.4, -0.2) is 11.7 Å². The van der Waals surface area contributed by atoms with Gasteiger partial charge in [0.05, 0.1) is 12.8 Å². The molecule has 2 nitrogen and oxygen atoms in total. The summed E-state index contributed by atoms with van der Waals surface area (Å²) in [6.45, 7) is 2.18. The van der Waals surface area contributed by atoms with E-state index in [9.17, 15) is 0 Å². The highest BCUT2D eigenvalue weighted by Crippen LogP contribution is 2.32. The van der Waals surface area contributed by atoms with Crippen LogP contribution in [0.4, 0.5) is 0 Å². The summed E-state index contributed by atoms with van der Waals surface area (Å²) in [5.41, 5.74) is 5.08. The number of benzene rings is 2. The first kappa shape index (κ1) is 11.8. The van der Waals surface area contributed by atoms with Crippen LogP contribution in [-0.2, 0) is 7.05 Å². The number of hydrogen-bond donors (Lipinski definition) is 0. The molecular formula is C17H17NO. The Kier molecular flexibility index (Phi) is 2.79. The molecule has 0 aliphatic heterocycles. The number of nitrogens with zero attached hydrogens (tertiary/aromatic N) is 1. The third-order valence-corrected chi connectivity index (χ3v) is 3.72. The van der Waals surface area contributed by atoms with Crippen LogP contribution in [0.3, 0.4) is 0 Å². The molecule has 2 aromatic carbocycles. The Morgan fingerprint density at radius 2 is 1.63 bits per heavy atom. The van der Waals surface area contributed by atoms with E-state index in [2.05, 4.69) is 54.9 Å². The van der Waals surface area contributed by atoms with Crippen LogP contribution in [0.1, 0.15) is 5.56 Å². The second-order valence-electron chi connectivity index (χ2n) is 4.78. The van der Waals surface area contributed by atoms with Gasteiger partial charge < -0.3 is 9.30 Å². The normalized spacial score (nSPS) is 10.9. The standard InChI is InChI=1S/C17H17NO/c1-12-15-6-4-5-7-16(15)18(2)17(12)13-8-10-14(19-3)11-9-13/h4-11H,1-3H3. The van der Waals surface area contributed by atoms with Gasteiger partial charge in [0.25, 0.3) is 0 Å². The first-order valence-corrected chi connectivity index (χ1v) is 6.41. The zero-order chi connectivity index (χ0) is 13.4. The minimum absolute atomic E-state index is 0.889. The number of para-hydroxylation sites is 1. The van der Waals surface area contributed by atoms with Gasteiger partial charge in [-0.25, -0.2) is 0 Å². The molecule has 1 heterocycles. The van der Waals surface area contributed by atoms with Crippen LogP contribution in [0.15, 0.2) is 48.5 Å². The SMILES string of the molecule is COc1ccc(-c2c(C)c3ccccc3n2C)cc1. The number of aromatic nitrogens is 1. The molecule has 0 aliphatic rings. The molecule has 3 rings (SSSR count). The average Bonchev–Trinajstić information content (AvgIpc) is 2.72. The van der Waals surface area contributed by atoms with Crippen LogP contribution >= 0.6 is 0 Å². The second kappa shape index (κ2) is 4.47. The van der Waals surface area contributed by atoms with Crippen LogP contribution in [0.5, 0.6) is 5.75 Å². The van der Waals surface area contributed by atoms with Gasteiger partial charge in [0, 0.05) is 18.0 Å². The minimum atomic E-state index is 0.889. The van der Waals surface area contributed by atoms with E-state index in [0.717, 1.165) is 5.75 Å². The number of fused-ring (bicyclic) bond motifs is 1. The molecular weight excluding hydrogens is 234 g/mol. The fourth-order valence-corrected chi connectivity index (χ4v) is 2.74. The monoisotopic (exact) mass is 251 g/mol. The molecule has 0 aliphatic carbocycles. The number of methoxy groups -OCH3 is 1. The van der Waals surface area contributed by atoms with E-state index in [1.54, 1.807) is 7.11 Å². The van der Waals surface area contributed by atoms with E-state index in [0.29, 0.717) is 0 Å². The van der Waals surface area contributed by atoms with E-state index < -0.39 is 0 Å². The fourth-order valence-electron chi connectivity index (χ4n) is 2.74. The van der Waals surface area contributed by atoms with E-state index in [4.69, 9.17) is 4.74 Å². The highest BCUT2D eigenvalue weighted by atomic mass is 16.5. The lowest BCUT2D eigenvalue weighted by Crippen LogP contribution is -1.92. The summed E-state index contributed by atoms with van der Waals surface area (Å²) in [7, 11) is 3.81. The minimum Gasteiger partial charge on any atom is -0.497 e. The predicted molar refractivity (Wildman–Crippen MR) is 79.6 cm³/mol. The van der Waals surface area contributed by atoms with Crippen molar-refractivity contribution in [2.45, 2.75) is 6.92 Å². The van der Waals surface area contributed by atoms with Crippen molar-refractivity contribution in [2.75, 3.05) is 7.11 Å². The molecule has 0 amide bonds. The number of aryl methyl sites for hydroxylation is 2. The molecule has 19 heavy (non-hydrogen) atoms. The molecule has 0 unspecified atom stereocenters. The molecule has 0 saturated carbocycles. The molecule has 0 fully saturated rings. The van der Waals surface area contributed by atoms with Crippen molar-refractivity contribution in [2.24, 2.45) is 7.05 Å². The van der Waals surface area contributed by atoms with Gasteiger partial charge in [0.15, 0.2) is 0 Å². The van der Waals surface area contributed by atoms with Gasteiger partial charge in [0.2, 0.25) is 0 Å². The van der Waals surface area contributed by atoms with Crippen LogP contribution in [0, 0.1) is 6.92 Å². The van der Waals surface area contributed by atoms with Crippen LogP contribution in [0.25, 0.3) is 22.2 Å². The Labute approximate surface area is 113 Å². The Bertz CT molecular complexity index is 684. The topological polar surface area (TPSA) is 14.2 Å². The molecule has 0 radical (unpaired) electrons. The van der Waals surface area contributed by atoms with Crippen LogP contribution in [0.2, 0.25) is 0 Å². The van der Waals surface area contributed by atoms with Crippen molar-refractivity contribution < 1.29 is 4.74 Å². The summed E-state index contributed by atoms with van der Waals surface area (Å²) < 4.78 is 7.47. The van der Waals surface area contributed by atoms with E-state index >= 15 is 0 Å². The first-order valence-electron chi connectivity index (χ1n) is 6.41. The Balaban J connectivity index is 2.24. The van der Waals surface area contributed by atoms with E-state index in [1.807, 2.05) is 12.1 Å². The molecule has 0 saturated heterocycles. The quantitative estimate of drug-likeness (QED) is 0.667. The van der Waals surface area contributed by atoms with E-state index in [1.165, 1.54) is 27.7 Å². The summed E-state index contributed by atoms with van der Waals surface area (Å²) in [4.78, 5) is 0. The zero-order valence-corrected chi connectivity index (χ0v) is 11.5. The maximum absolute atomic E-state index is 5.22. The Morgan fingerprint density at radius 3 is 2.26 bits per heavy atom. The number of rotatable bonds is 2. The Morgan fingerprint density at radius 1 is 0.947 bits per heavy atom. The summed E-state index contributed by atoms with van der Waals surface area (Å²) in [6, 6.07) is 16.7.